The molecule has 0 aliphatic heterocycles. The number of amidine groups is 1. The molecule has 0 aliphatic carbocycles. The number of carbonyl (C=O) groups excluding carboxylic acids is 3. The number of hydrogen-bond donors (Lipinski definition) is 4. The Morgan fingerprint density at radius 1 is 0.971 bits per heavy atom. The average molecular weight is 474 g/mol. The van der Waals surface area contributed by atoms with Gasteiger partial charge in [-0.25, -0.2) is 4.79 Å². The number of nitrogens with zero attached hydrogens (tertiary/aromatic N) is 1. The van der Waals surface area contributed by atoms with Crippen molar-refractivity contribution in [2.45, 2.75) is 13.8 Å². The molecule has 0 saturated carbocycles. The van der Waals surface area contributed by atoms with Gasteiger partial charge in [-0.3, -0.25) is 20.0 Å². The maximum absolute atomic E-state index is 13.1. The molecule has 9 nitrogen and oxygen atoms in total. The molecular weight excluding hydrogens is 446 g/mol. The van der Waals surface area contributed by atoms with E-state index >= 15 is 0 Å². The molecule has 0 unspecified atom stereocenters. The predicted octanol–water partition coefficient (Wildman–Crippen LogP) is 3.46. The number of carbonyl (C=O) groups is 3. The first-order chi connectivity index (χ1) is 16.7. The van der Waals surface area contributed by atoms with Crippen LogP contribution >= 0.6 is 0 Å². The molecule has 9 heteroatoms. The monoisotopic (exact) mass is 473 g/mol. The highest BCUT2D eigenvalue weighted by Gasteiger charge is 2.21. The van der Waals surface area contributed by atoms with Crippen LogP contribution in [0.1, 0.15) is 50.5 Å². The zero-order valence-electron chi connectivity index (χ0n) is 19.7. The van der Waals surface area contributed by atoms with Crippen molar-refractivity contribution in [2.24, 2.45) is 11.7 Å². The Balaban J connectivity index is 1.97. The van der Waals surface area contributed by atoms with Gasteiger partial charge >= 0.3 is 5.97 Å². The summed E-state index contributed by atoms with van der Waals surface area (Å²) in [5.74, 6) is -1.19. The smallest absolute Gasteiger partial charge is 0.338 e. The van der Waals surface area contributed by atoms with Crippen molar-refractivity contribution < 1.29 is 19.1 Å². The fourth-order valence-electron chi connectivity index (χ4n) is 3.34. The molecule has 180 valence electrons. The highest BCUT2D eigenvalue weighted by Crippen LogP contribution is 2.29. The van der Waals surface area contributed by atoms with Gasteiger partial charge in [-0.2, -0.15) is 0 Å². The molecule has 35 heavy (non-hydrogen) atoms. The minimum absolute atomic E-state index is 0.0749. The summed E-state index contributed by atoms with van der Waals surface area (Å²) in [5, 5.41) is 13.1. The molecule has 0 spiro atoms. The second-order valence-electron chi connectivity index (χ2n) is 8.22. The summed E-state index contributed by atoms with van der Waals surface area (Å²) < 4.78 is 4.94. The lowest BCUT2D eigenvalue weighted by Gasteiger charge is -2.14. The van der Waals surface area contributed by atoms with Gasteiger partial charge in [0.25, 0.3) is 11.8 Å². The van der Waals surface area contributed by atoms with E-state index in [1.54, 1.807) is 42.5 Å². The van der Waals surface area contributed by atoms with E-state index < -0.39 is 11.9 Å². The molecule has 1 heterocycles. The summed E-state index contributed by atoms with van der Waals surface area (Å²) >= 11 is 0. The first-order valence-corrected chi connectivity index (χ1v) is 10.9. The molecule has 0 radical (unpaired) electrons. The number of anilines is 1. The molecular formula is C26H27N5O4. The fourth-order valence-corrected chi connectivity index (χ4v) is 3.34. The van der Waals surface area contributed by atoms with Crippen LogP contribution in [0.25, 0.3) is 11.1 Å². The van der Waals surface area contributed by atoms with E-state index in [1.807, 2.05) is 13.8 Å². The van der Waals surface area contributed by atoms with Crippen LogP contribution in [-0.4, -0.2) is 42.3 Å². The second kappa shape index (κ2) is 11.1. The van der Waals surface area contributed by atoms with E-state index in [0.717, 1.165) is 0 Å². The van der Waals surface area contributed by atoms with E-state index in [2.05, 4.69) is 15.6 Å². The Labute approximate surface area is 203 Å². The Morgan fingerprint density at radius 3 is 2.26 bits per heavy atom. The van der Waals surface area contributed by atoms with E-state index in [0.29, 0.717) is 34.5 Å². The molecule has 2 amide bonds. The number of ether oxygens (including phenoxy) is 1. The Kier molecular flexibility index (Phi) is 7.93. The standard InChI is InChI=1S/C26H27N5O4/c1-15(2)13-30-24(32)17-6-9-19(21(12-17)26(34)35-3)20-10-11-29-14-22(20)25(33)31-18-7-4-16(5-8-18)23(27)28/h4-12,14-15H,13H2,1-3H3,(H3,27,28)(H,30,32)(H,31,33). The molecule has 1 aromatic heterocycles. The van der Waals surface area contributed by atoms with Crippen molar-refractivity contribution in [1.82, 2.24) is 10.3 Å². The van der Waals surface area contributed by atoms with Crippen LogP contribution in [0, 0.1) is 11.3 Å². The maximum atomic E-state index is 13.1. The van der Waals surface area contributed by atoms with Gasteiger partial charge < -0.3 is 21.1 Å². The first kappa shape index (κ1) is 25.1. The maximum Gasteiger partial charge on any atom is 0.338 e. The van der Waals surface area contributed by atoms with E-state index in [-0.39, 0.29) is 28.8 Å². The molecule has 0 bridgehead atoms. The minimum Gasteiger partial charge on any atom is -0.465 e. The third-order valence-electron chi connectivity index (χ3n) is 5.17. The number of nitrogen functional groups attached to an aromatic ring is 1. The number of pyridine rings is 1. The van der Waals surface area contributed by atoms with Crippen LogP contribution in [0.4, 0.5) is 5.69 Å². The number of nitrogens with one attached hydrogen (secondary N) is 3. The Bertz CT molecular complexity index is 1270. The van der Waals surface area contributed by atoms with Crippen molar-refractivity contribution in [1.29, 1.82) is 5.41 Å². The zero-order valence-corrected chi connectivity index (χ0v) is 19.7. The molecule has 0 fully saturated rings. The number of methoxy groups -OCH3 is 1. The van der Waals surface area contributed by atoms with Crippen molar-refractivity contribution in [3.8, 4) is 11.1 Å². The summed E-state index contributed by atoms with van der Waals surface area (Å²) in [6.07, 6.45) is 2.91. The number of nitrogens with two attached hydrogens (primary N) is 1. The van der Waals surface area contributed by atoms with Crippen LogP contribution in [0.2, 0.25) is 0 Å². The third kappa shape index (κ3) is 6.08. The van der Waals surface area contributed by atoms with Crippen molar-refractivity contribution in [3.63, 3.8) is 0 Å². The second-order valence-corrected chi connectivity index (χ2v) is 8.22. The molecule has 0 saturated heterocycles. The quantitative estimate of drug-likeness (QED) is 0.224. The number of aromatic nitrogens is 1. The Hall–Kier alpha value is -4.53. The zero-order chi connectivity index (χ0) is 25.5. The van der Waals surface area contributed by atoms with Crippen LogP contribution in [0.3, 0.4) is 0 Å². The first-order valence-electron chi connectivity index (χ1n) is 10.9. The summed E-state index contributed by atoms with van der Waals surface area (Å²) in [6.45, 7) is 4.46. The van der Waals surface area contributed by atoms with E-state index in [9.17, 15) is 14.4 Å². The minimum atomic E-state index is -0.637. The lowest BCUT2D eigenvalue weighted by Crippen LogP contribution is -2.27. The molecule has 0 aliphatic rings. The molecule has 5 N–H and O–H groups in total. The van der Waals surface area contributed by atoms with Crippen molar-refractivity contribution in [2.75, 3.05) is 19.0 Å². The van der Waals surface area contributed by atoms with Gasteiger partial charge in [0, 0.05) is 35.8 Å². The molecule has 2 aromatic carbocycles. The lowest BCUT2D eigenvalue weighted by molar-refractivity contribution is 0.0601. The fraction of sp³-hybridized carbons (Fsp3) is 0.192. The van der Waals surface area contributed by atoms with Crippen molar-refractivity contribution in [3.05, 3.63) is 83.2 Å². The van der Waals surface area contributed by atoms with Gasteiger partial charge in [0.1, 0.15) is 5.84 Å². The van der Waals surface area contributed by atoms with E-state index in [4.69, 9.17) is 15.9 Å². The molecule has 3 rings (SSSR count). The number of amides is 2. The lowest BCUT2D eigenvalue weighted by atomic mass is 9.94. The third-order valence-corrected chi connectivity index (χ3v) is 5.17. The Morgan fingerprint density at radius 2 is 1.63 bits per heavy atom. The average Bonchev–Trinajstić information content (AvgIpc) is 2.86. The highest BCUT2D eigenvalue weighted by molar-refractivity contribution is 6.11. The highest BCUT2D eigenvalue weighted by atomic mass is 16.5. The normalized spacial score (nSPS) is 10.5. The topological polar surface area (TPSA) is 147 Å². The van der Waals surface area contributed by atoms with Gasteiger partial charge in [-0.05, 0) is 59.5 Å². The molecule has 0 atom stereocenters. The number of hydrogen-bond acceptors (Lipinski definition) is 6. The SMILES string of the molecule is COC(=O)c1cc(C(=O)NCC(C)C)ccc1-c1ccncc1C(=O)Nc1ccc(C(=N)N)cc1. The van der Waals surface area contributed by atoms with Gasteiger partial charge in [-0.15, -0.1) is 0 Å². The summed E-state index contributed by atoms with van der Waals surface area (Å²) in [4.78, 5) is 42.3. The number of rotatable bonds is 8. The summed E-state index contributed by atoms with van der Waals surface area (Å²) in [6, 6.07) is 12.8. The van der Waals surface area contributed by atoms with E-state index in [1.165, 1.54) is 25.6 Å². The predicted molar refractivity (Wildman–Crippen MR) is 134 cm³/mol. The summed E-state index contributed by atoms with van der Waals surface area (Å²) in [5.41, 5.74) is 8.07. The van der Waals surface area contributed by atoms with Gasteiger partial charge in [-0.1, -0.05) is 19.9 Å². The van der Waals surface area contributed by atoms with Crippen LogP contribution in [0.15, 0.2) is 60.9 Å². The van der Waals surface area contributed by atoms with Gasteiger partial charge in [0.2, 0.25) is 0 Å². The number of benzene rings is 2. The summed E-state index contributed by atoms with van der Waals surface area (Å²) in [7, 11) is 1.25. The van der Waals surface area contributed by atoms with Crippen LogP contribution in [0.5, 0.6) is 0 Å². The van der Waals surface area contributed by atoms with Gasteiger partial charge in [0.05, 0.1) is 18.2 Å². The van der Waals surface area contributed by atoms with Crippen LogP contribution < -0.4 is 16.4 Å². The molecule has 3 aromatic rings. The van der Waals surface area contributed by atoms with Gasteiger partial charge in [0.15, 0.2) is 0 Å². The number of esters is 1. The van der Waals surface area contributed by atoms with Crippen molar-refractivity contribution >= 4 is 29.3 Å². The largest absolute Gasteiger partial charge is 0.465 e. The van der Waals surface area contributed by atoms with Crippen LogP contribution in [-0.2, 0) is 4.74 Å².